The molecule has 0 aromatic carbocycles. The monoisotopic (exact) mass is 267 g/mol. The molecule has 0 aromatic heterocycles. The van der Waals surface area contributed by atoms with Crippen molar-refractivity contribution in [1.29, 1.82) is 5.41 Å². The molecule has 0 radical (unpaired) electrons. The number of piperidine rings is 2. The van der Waals surface area contributed by atoms with Crippen LogP contribution in [0, 0.1) is 17.2 Å². The first-order valence-electron chi connectivity index (χ1n) is 8.05. The Balaban J connectivity index is 0.000000191. The molecule has 3 heteroatoms. The molecule has 2 aliphatic rings. The lowest BCUT2D eigenvalue weighted by molar-refractivity contribution is 0.201. The third-order valence-electron chi connectivity index (χ3n) is 4.58. The molecular weight excluding hydrogens is 234 g/mol. The Labute approximate surface area is 119 Å². The first kappa shape index (κ1) is 16.5. The van der Waals surface area contributed by atoms with Crippen molar-refractivity contribution in [1.82, 2.24) is 9.80 Å². The predicted octanol–water partition coefficient (Wildman–Crippen LogP) is 3.45. The number of rotatable bonds is 1. The van der Waals surface area contributed by atoms with Gasteiger partial charge >= 0.3 is 0 Å². The van der Waals surface area contributed by atoms with Gasteiger partial charge in [-0.15, -0.1) is 0 Å². The van der Waals surface area contributed by atoms with Crippen LogP contribution >= 0.6 is 0 Å². The highest BCUT2D eigenvalue weighted by atomic mass is 15.2. The van der Waals surface area contributed by atoms with E-state index in [-0.39, 0.29) is 0 Å². The molecular formula is C16H33N3. The zero-order valence-corrected chi connectivity index (χ0v) is 13.4. The number of hydrogen-bond acceptors (Lipinski definition) is 2. The van der Waals surface area contributed by atoms with Gasteiger partial charge in [-0.2, -0.15) is 0 Å². The van der Waals surface area contributed by atoms with Crippen LogP contribution in [0.3, 0.4) is 0 Å². The molecule has 0 aliphatic carbocycles. The minimum atomic E-state index is 0.729. The van der Waals surface area contributed by atoms with Gasteiger partial charge in [0.1, 0.15) is 0 Å². The summed E-state index contributed by atoms with van der Waals surface area (Å²) in [5.74, 6) is 2.58. The third kappa shape index (κ3) is 6.42. The second-order valence-corrected chi connectivity index (χ2v) is 6.37. The topological polar surface area (TPSA) is 30.3 Å². The van der Waals surface area contributed by atoms with Crippen LogP contribution in [-0.4, -0.2) is 48.4 Å². The minimum Gasteiger partial charge on any atom is -0.361 e. The van der Waals surface area contributed by atoms with Crippen molar-refractivity contribution in [2.45, 2.75) is 53.4 Å². The molecule has 1 N–H and O–H groups in total. The molecule has 2 saturated heterocycles. The van der Waals surface area contributed by atoms with E-state index in [1.54, 1.807) is 0 Å². The maximum Gasteiger partial charge on any atom is 0.0925 e. The molecule has 0 aromatic rings. The van der Waals surface area contributed by atoms with E-state index >= 15 is 0 Å². The Kier molecular flexibility index (Phi) is 7.44. The van der Waals surface area contributed by atoms with Crippen LogP contribution in [0.15, 0.2) is 0 Å². The third-order valence-corrected chi connectivity index (χ3v) is 4.58. The van der Waals surface area contributed by atoms with Crippen LogP contribution in [0.5, 0.6) is 0 Å². The Morgan fingerprint density at radius 1 is 0.947 bits per heavy atom. The Morgan fingerprint density at radius 2 is 1.37 bits per heavy atom. The Morgan fingerprint density at radius 3 is 1.74 bits per heavy atom. The van der Waals surface area contributed by atoms with Gasteiger partial charge < -0.3 is 9.80 Å². The van der Waals surface area contributed by atoms with Crippen LogP contribution in [0.1, 0.15) is 53.4 Å². The van der Waals surface area contributed by atoms with Crippen LogP contribution in [-0.2, 0) is 0 Å². The molecule has 2 aliphatic heterocycles. The number of nitrogens with zero attached hydrogens (tertiary/aromatic N) is 2. The van der Waals surface area contributed by atoms with E-state index in [1.165, 1.54) is 45.3 Å². The van der Waals surface area contributed by atoms with E-state index in [0.717, 1.165) is 30.8 Å². The molecule has 2 rings (SSSR count). The normalized spacial score (nSPS) is 22.8. The number of hydrogen-bond donors (Lipinski definition) is 1. The summed E-state index contributed by atoms with van der Waals surface area (Å²) in [6.45, 7) is 14.9. The van der Waals surface area contributed by atoms with Crippen LogP contribution < -0.4 is 0 Å². The lowest BCUT2D eigenvalue weighted by Gasteiger charge is -2.30. The predicted molar refractivity (Wildman–Crippen MR) is 83.9 cm³/mol. The molecule has 0 amide bonds. The molecule has 0 spiro atoms. The fourth-order valence-electron chi connectivity index (χ4n) is 2.72. The molecule has 2 fully saturated rings. The van der Waals surface area contributed by atoms with Gasteiger partial charge in [-0.25, -0.2) is 0 Å². The molecule has 0 saturated carbocycles. The maximum absolute atomic E-state index is 7.38. The fraction of sp³-hybridized carbons (Fsp3) is 0.938. The second kappa shape index (κ2) is 8.57. The molecule has 3 nitrogen and oxygen atoms in total. The summed E-state index contributed by atoms with van der Waals surface area (Å²) in [4.78, 5) is 4.68. The summed E-state index contributed by atoms with van der Waals surface area (Å²) in [5, 5.41) is 7.38. The van der Waals surface area contributed by atoms with Crippen LogP contribution in [0.25, 0.3) is 0 Å². The van der Waals surface area contributed by atoms with Crippen molar-refractivity contribution < 1.29 is 0 Å². The van der Waals surface area contributed by atoms with Crippen molar-refractivity contribution in [3.05, 3.63) is 0 Å². The van der Waals surface area contributed by atoms with Gasteiger partial charge in [-0.3, -0.25) is 5.41 Å². The zero-order valence-electron chi connectivity index (χ0n) is 13.4. The number of nitrogens with one attached hydrogen (secondary N) is 1. The van der Waals surface area contributed by atoms with Crippen molar-refractivity contribution in [3.63, 3.8) is 0 Å². The first-order chi connectivity index (χ1) is 9.02. The molecule has 19 heavy (non-hydrogen) atoms. The Bertz CT molecular complexity index is 249. The lowest BCUT2D eigenvalue weighted by atomic mass is 9.99. The summed E-state index contributed by atoms with van der Waals surface area (Å²) < 4.78 is 0. The summed E-state index contributed by atoms with van der Waals surface area (Å²) in [7, 11) is 0. The highest BCUT2D eigenvalue weighted by molar-refractivity contribution is 5.76. The molecule has 2 heterocycles. The van der Waals surface area contributed by atoms with Gasteiger partial charge in [-0.1, -0.05) is 20.8 Å². The van der Waals surface area contributed by atoms with E-state index in [1.807, 2.05) is 6.92 Å². The van der Waals surface area contributed by atoms with E-state index < -0.39 is 0 Å². The standard InChI is InChI=1S/C8H16N2.C8H17N/c1-7-3-5-10(6-4-7)8(2)9;1-3-9-6-4-8(2)5-7-9/h7,9H,3-6H2,1-2H3;8H,3-7H2,1-2H3. The van der Waals surface area contributed by atoms with Crippen molar-refractivity contribution in [2.24, 2.45) is 11.8 Å². The largest absolute Gasteiger partial charge is 0.361 e. The van der Waals surface area contributed by atoms with E-state index in [4.69, 9.17) is 5.41 Å². The Hall–Kier alpha value is -0.570. The lowest BCUT2D eigenvalue weighted by Crippen LogP contribution is -2.35. The average molecular weight is 267 g/mol. The summed E-state index contributed by atoms with van der Waals surface area (Å²) in [6.07, 6.45) is 5.34. The van der Waals surface area contributed by atoms with Gasteiger partial charge in [0.15, 0.2) is 0 Å². The molecule has 0 bridgehead atoms. The zero-order chi connectivity index (χ0) is 14.3. The maximum atomic E-state index is 7.38. The van der Waals surface area contributed by atoms with Gasteiger partial charge in [0, 0.05) is 13.1 Å². The van der Waals surface area contributed by atoms with Gasteiger partial charge in [-0.05, 0) is 64.1 Å². The SMILES string of the molecule is CC(=N)N1CCC(C)CC1.CCN1CCC(C)CC1. The van der Waals surface area contributed by atoms with E-state index in [9.17, 15) is 0 Å². The van der Waals surface area contributed by atoms with Gasteiger partial charge in [0.25, 0.3) is 0 Å². The minimum absolute atomic E-state index is 0.729. The van der Waals surface area contributed by atoms with Crippen molar-refractivity contribution in [2.75, 3.05) is 32.7 Å². The van der Waals surface area contributed by atoms with E-state index in [0.29, 0.717) is 0 Å². The quantitative estimate of drug-likeness (QED) is 0.582. The highest BCUT2D eigenvalue weighted by Gasteiger charge is 2.15. The van der Waals surface area contributed by atoms with Gasteiger partial charge in [0.05, 0.1) is 5.84 Å². The smallest absolute Gasteiger partial charge is 0.0925 e. The fourth-order valence-corrected chi connectivity index (χ4v) is 2.72. The number of likely N-dealkylation sites (tertiary alicyclic amines) is 2. The summed E-state index contributed by atoms with van der Waals surface area (Å²) >= 11 is 0. The summed E-state index contributed by atoms with van der Waals surface area (Å²) in [5.41, 5.74) is 0. The number of amidine groups is 1. The summed E-state index contributed by atoms with van der Waals surface area (Å²) in [6, 6.07) is 0. The van der Waals surface area contributed by atoms with Crippen molar-refractivity contribution in [3.8, 4) is 0 Å². The van der Waals surface area contributed by atoms with Crippen LogP contribution in [0.4, 0.5) is 0 Å². The molecule has 0 atom stereocenters. The van der Waals surface area contributed by atoms with Crippen molar-refractivity contribution >= 4 is 5.84 Å². The van der Waals surface area contributed by atoms with Crippen LogP contribution in [0.2, 0.25) is 0 Å². The van der Waals surface area contributed by atoms with E-state index in [2.05, 4.69) is 30.6 Å². The molecule has 112 valence electrons. The first-order valence-corrected chi connectivity index (χ1v) is 8.05. The molecule has 0 unspecified atom stereocenters. The second-order valence-electron chi connectivity index (χ2n) is 6.37. The highest BCUT2D eigenvalue weighted by Crippen LogP contribution is 2.15. The average Bonchev–Trinajstić information content (AvgIpc) is 2.41. The van der Waals surface area contributed by atoms with Gasteiger partial charge in [0.2, 0.25) is 0 Å².